The quantitative estimate of drug-likeness (QED) is 0.836. The van der Waals surface area contributed by atoms with Gasteiger partial charge in [0.05, 0.1) is 11.7 Å². The zero-order valence-electron chi connectivity index (χ0n) is 9.90. The number of anilines is 1. The molecule has 0 aromatic heterocycles. The summed E-state index contributed by atoms with van der Waals surface area (Å²) < 4.78 is 24.9. The SMILES string of the molecule is CCC1CSC(Nc2ccccc2SC(F)F)=N1. The molecular weight excluding hydrogens is 274 g/mol. The average molecular weight is 288 g/mol. The van der Waals surface area contributed by atoms with E-state index in [1.807, 2.05) is 6.07 Å². The maximum absolute atomic E-state index is 12.4. The minimum absolute atomic E-state index is 0.340. The number of rotatable bonds is 4. The number of nitrogens with one attached hydrogen (secondary N) is 1. The fourth-order valence-corrected chi connectivity index (χ4v) is 3.24. The van der Waals surface area contributed by atoms with Gasteiger partial charge in [0.1, 0.15) is 0 Å². The second-order valence-electron chi connectivity index (χ2n) is 3.81. The minimum Gasteiger partial charge on any atom is -0.334 e. The molecule has 0 saturated carbocycles. The number of nitrogens with zero attached hydrogens (tertiary/aromatic N) is 1. The van der Waals surface area contributed by atoms with Gasteiger partial charge in [0.2, 0.25) is 0 Å². The van der Waals surface area contributed by atoms with Crippen molar-refractivity contribution in [2.24, 2.45) is 4.99 Å². The summed E-state index contributed by atoms with van der Waals surface area (Å²) in [6.07, 6.45) is 1.01. The summed E-state index contributed by atoms with van der Waals surface area (Å²) in [6, 6.07) is 7.42. The van der Waals surface area contributed by atoms with Gasteiger partial charge in [0, 0.05) is 10.6 Å². The van der Waals surface area contributed by atoms with Gasteiger partial charge in [-0.05, 0) is 18.6 Å². The molecule has 0 amide bonds. The summed E-state index contributed by atoms with van der Waals surface area (Å²) in [7, 11) is 0. The number of benzene rings is 1. The van der Waals surface area contributed by atoms with E-state index >= 15 is 0 Å². The third kappa shape index (κ3) is 3.62. The van der Waals surface area contributed by atoms with Gasteiger partial charge in [-0.3, -0.25) is 4.99 Å². The van der Waals surface area contributed by atoms with Crippen LogP contribution in [0.1, 0.15) is 13.3 Å². The number of halogens is 2. The van der Waals surface area contributed by atoms with Crippen molar-refractivity contribution in [1.82, 2.24) is 0 Å². The Morgan fingerprint density at radius 2 is 2.28 bits per heavy atom. The Morgan fingerprint density at radius 3 is 2.94 bits per heavy atom. The largest absolute Gasteiger partial charge is 0.334 e. The number of alkyl halides is 2. The Bertz CT molecular complexity index is 438. The van der Waals surface area contributed by atoms with E-state index in [0.29, 0.717) is 28.4 Å². The zero-order valence-corrected chi connectivity index (χ0v) is 11.5. The highest BCUT2D eigenvalue weighted by atomic mass is 32.2. The van der Waals surface area contributed by atoms with Crippen LogP contribution in [0.4, 0.5) is 14.5 Å². The summed E-state index contributed by atoms with van der Waals surface area (Å²) in [5, 5.41) is 3.96. The van der Waals surface area contributed by atoms with Crippen molar-refractivity contribution < 1.29 is 8.78 Å². The lowest BCUT2D eigenvalue weighted by molar-refractivity contribution is 0.252. The molecule has 2 rings (SSSR count). The first-order chi connectivity index (χ1) is 8.69. The molecule has 18 heavy (non-hydrogen) atoms. The van der Waals surface area contributed by atoms with E-state index in [-0.39, 0.29) is 0 Å². The molecule has 1 N–H and O–H groups in total. The molecule has 1 heterocycles. The first kappa shape index (κ1) is 13.7. The van der Waals surface area contributed by atoms with E-state index in [4.69, 9.17) is 0 Å². The fraction of sp³-hybridized carbons (Fsp3) is 0.417. The minimum atomic E-state index is -2.41. The van der Waals surface area contributed by atoms with E-state index in [9.17, 15) is 8.78 Å². The zero-order chi connectivity index (χ0) is 13.0. The van der Waals surface area contributed by atoms with Gasteiger partial charge in [-0.25, -0.2) is 0 Å². The van der Waals surface area contributed by atoms with Crippen molar-refractivity contribution in [3.8, 4) is 0 Å². The molecule has 1 aromatic rings. The molecule has 1 aliphatic rings. The summed E-state index contributed by atoms with van der Waals surface area (Å²) in [4.78, 5) is 5.05. The third-order valence-electron chi connectivity index (χ3n) is 2.53. The van der Waals surface area contributed by atoms with Crippen molar-refractivity contribution in [2.45, 2.75) is 30.0 Å². The number of amidine groups is 1. The number of hydrogen-bond acceptors (Lipinski definition) is 4. The van der Waals surface area contributed by atoms with E-state index in [0.717, 1.165) is 17.3 Å². The van der Waals surface area contributed by atoms with Crippen LogP contribution in [0.25, 0.3) is 0 Å². The summed E-state index contributed by atoms with van der Waals surface area (Å²) in [5.41, 5.74) is 0.700. The van der Waals surface area contributed by atoms with Crippen LogP contribution in [0.15, 0.2) is 34.2 Å². The molecule has 0 bridgehead atoms. The standard InChI is InChI=1S/C12H14F2N2S2/c1-2-8-7-17-12(15-8)16-9-5-3-4-6-10(9)18-11(13)14/h3-6,8,11H,2,7H2,1H3,(H,15,16). The molecule has 0 spiro atoms. The molecule has 2 nitrogen and oxygen atoms in total. The van der Waals surface area contributed by atoms with Crippen LogP contribution in [0.5, 0.6) is 0 Å². The molecule has 0 radical (unpaired) electrons. The monoisotopic (exact) mass is 288 g/mol. The second-order valence-corrected chi connectivity index (χ2v) is 5.85. The van der Waals surface area contributed by atoms with Gasteiger partial charge in [0.15, 0.2) is 5.17 Å². The maximum atomic E-state index is 12.4. The first-order valence-corrected chi connectivity index (χ1v) is 7.57. The lowest BCUT2D eigenvalue weighted by Crippen LogP contribution is -2.06. The molecule has 0 fully saturated rings. The number of hydrogen-bond donors (Lipinski definition) is 1. The van der Waals surface area contributed by atoms with Crippen LogP contribution in [0.3, 0.4) is 0 Å². The highest BCUT2D eigenvalue weighted by molar-refractivity contribution is 8.14. The molecule has 1 aliphatic heterocycles. The molecular formula is C12H14F2N2S2. The van der Waals surface area contributed by atoms with E-state index in [2.05, 4.69) is 17.2 Å². The maximum Gasteiger partial charge on any atom is 0.288 e. The number of aliphatic imine (C=N–C) groups is 1. The van der Waals surface area contributed by atoms with Gasteiger partial charge in [-0.2, -0.15) is 8.78 Å². The van der Waals surface area contributed by atoms with E-state index < -0.39 is 5.76 Å². The van der Waals surface area contributed by atoms with Crippen LogP contribution in [-0.4, -0.2) is 22.7 Å². The van der Waals surface area contributed by atoms with E-state index in [1.54, 1.807) is 30.0 Å². The van der Waals surface area contributed by atoms with Crippen LogP contribution < -0.4 is 5.32 Å². The second kappa shape index (κ2) is 6.43. The molecule has 0 saturated heterocycles. The van der Waals surface area contributed by atoms with Gasteiger partial charge >= 0.3 is 0 Å². The molecule has 6 heteroatoms. The van der Waals surface area contributed by atoms with Gasteiger partial charge < -0.3 is 5.32 Å². The fourth-order valence-electron chi connectivity index (χ4n) is 1.58. The Balaban J connectivity index is 2.09. The molecule has 1 unspecified atom stereocenters. The number of para-hydroxylation sites is 1. The molecule has 98 valence electrons. The molecule has 0 aliphatic carbocycles. The van der Waals surface area contributed by atoms with Gasteiger partial charge in [-0.15, -0.1) is 0 Å². The van der Waals surface area contributed by atoms with Crippen molar-refractivity contribution in [2.75, 3.05) is 11.1 Å². The van der Waals surface area contributed by atoms with Crippen LogP contribution in [0.2, 0.25) is 0 Å². The highest BCUT2D eigenvalue weighted by Crippen LogP contribution is 2.33. The Morgan fingerprint density at radius 1 is 1.50 bits per heavy atom. The average Bonchev–Trinajstić information content (AvgIpc) is 2.79. The lowest BCUT2D eigenvalue weighted by Gasteiger charge is -2.10. The Hall–Kier alpha value is -0.750. The van der Waals surface area contributed by atoms with Crippen LogP contribution in [0, 0.1) is 0 Å². The molecule has 1 atom stereocenters. The summed E-state index contributed by atoms with van der Waals surface area (Å²) >= 11 is 2.19. The predicted molar refractivity (Wildman–Crippen MR) is 75.9 cm³/mol. The van der Waals surface area contributed by atoms with E-state index in [1.165, 1.54) is 0 Å². The smallest absolute Gasteiger partial charge is 0.288 e. The van der Waals surface area contributed by atoms with Crippen molar-refractivity contribution >= 4 is 34.4 Å². The predicted octanol–water partition coefficient (Wildman–Crippen LogP) is 4.29. The van der Waals surface area contributed by atoms with Crippen molar-refractivity contribution in [3.63, 3.8) is 0 Å². The summed E-state index contributed by atoms with van der Waals surface area (Å²) in [5.74, 6) is -1.45. The normalized spacial score (nSPS) is 19.1. The Labute approximate surface area is 114 Å². The number of thioether (sulfide) groups is 2. The van der Waals surface area contributed by atoms with Crippen molar-refractivity contribution in [3.05, 3.63) is 24.3 Å². The first-order valence-electron chi connectivity index (χ1n) is 5.70. The topological polar surface area (TPSA) is 24.4 Å². The van der Waals surface area contributed by atoms with Gasteiger partial charge in [-0.1, -0.05) is 42.6 Å². The van der Waals surface area contributed by atoms with Crippen molar-refractivity contribution in [1.29, 1.82) is 0 Å². The summed E-state index contributed by atoms with van der Waals surface area (Å²) in [6.45, 7) is 2.10. The van der Waals surface area contributed by atoms with Crippen LogP contribution >= 0.6 is 23.5 Å². The molecule has 1 aromatic carbocycles. The lowest BCUT2D eigenvalue weighted by atomic mass is 10.3. The highest BCUT2D eigenvalue weighted by Gasteiger charge is 2.18. The van der Waals surface area contributed by atoms with Crippen LogP contribution in [-0.2, 0) is 0 Å². The Kier molecular flexibility index (Phi) is 4.88. The third-order valence-corrected chi connectivity index (χ3v) is 4.35. The van der Waals surface area contributed by atoms with Gasteiger partial charge in [0.25, 0.3) is 5.76 Å².